The van der Waals surface area contributed by atoms with E-state index in [2.05, 4.69) is 61.3 Å². The molecule has 26 heavy (non-hydrogen) atoms. The molecule has 0 fully saturated rings. The molecule has 2 aromatic carbocycles. The van der Waals surface area contributed by atoms with E-state index in [1.807, 2.05) is 18.3 Å². The van der Waals surface area contributed by atoms with Gasteiger partial charge in [0.2, 0.25) is 5.95 Å². The molecule has 132 valence electrons. The first kappa shape index (κ1) is 16.9. The van der Waals surface area contributed by atoms with Crippen LogP contribution in [0.2, 0.25) is 0 Å². The number of rotatable bonds is 4. The lowest BCUT2D eigenvalue weighted by molar-refractivity contribution is 0.402. The molecule has 0 unspecified atom stereocenters. The lowest BCUT2D eigenvalue weighted by atomic mass is 10.1. The SMILES string of the molecule is Cc1cc(C)cc(Nc2ncc3ccc4nc(CN(C)C)sc4c3n2)c1. The Kier molecular flexibility index (Phi) is 4.30. The van der Waals surface area contributed by atoms with Gasteiger partial charge in [0.1, 0.15) is 5.01 Å². The fourth-order valence-corrected chi connectivity index (χ4v) is 4.28. The first-order valence-corrected chi connectivity index (χ1v) is 9.35. The third-order valence-corrected chi connectivity index (χ3v) is 5.14. The number of aryl methyl sites for hydroxylation is 2. The van der Waals surface area contributed by atoms with Crippen LogP contribution in [-0.4, -0.2) is 33.9 Å². The molecule has 0 saturated heterocycles. The van der Waals surface area contributed by atoms with Crippen molar-refractivity contribution < 1.29 is 0 Å². The van der Waals surface area contributed by atoms with Crippen molar-refractivity contribution in [3.05, 3.63) is 52.7 Å². The molecule has 6 heteroatoms. The Morgan fingerprint density at radius 2 is 1.81 bits per heavy atom. The normalized spacial score (nSPS) is 11.6. The summed E-state index contributed by atoms with van der Waals surface area (Å²) in [6.07, 6.45) is 1.87. The summed E-state index contributed by atoms with van der Waals surface area (Å²) in [4.78, 5) is 16.1. The van der Waals surface area contributed by atoms with Crippen LogP contribution in [0.3, 0.4) is 0 Å². The van der Waals surface area contributed by atoms with Crippen molar-refractivity contribution in [1.82, 2.24) is 19.9 Å². The third kappa shape index (κ3) is 3.38. The highest BCUT2D eigenvalue weighted by Gasteiger charge is 2.11. The predicted octanol–water partition coefficient (Wildman–Crippen LogP) is 4.66. The highest BCUT2D eigenvalue weighted by Crippen LogP contribution is 2.30. The minimum atomic E-state index is 0.609. The number of anilines is 2. The molecule has 0 aliphatic heterocycles. The first-order chi connectivity index (χ1) is 12.5. The summed E-state index contributed by atoms with van der Waals surface area (Å²) < 4.78 is 1.12. The zero-order valence-electron chi connectivity index (χ0n) is 15.4. The summed E-state index contributed by atoms with van der Waals surface area (Å²) in [7, 11) is 4.11. The Bertz CT molecular complexity index is 1080. The second-order valence-corrected chi connectivity index (χ2v) is 7.98. The number of nitrogens with one attached hydrogen (secondary N) is 1. The molecule has 4 aromatic rings. The van der Waals surface area contributed by atoms with Crippen molar-refractivity contribution in [2.45, 2.75) is 20.4 Å². The number of thiazole rings is 1. The van der Waals surface area contributed by atoms with Crippen molar-refractivity contribution in [1.29, 1.82) is 0 Å². The van der Waals surface area contributed by atoms with Crippen LogP contribution in [0.15, 0.2) is 36.5 Å². The third-order valence-electron chi connectivity index (χ3n) is 4.08. The average Bonchev–Trinajstić information content (AvgIpc) is 2.96. The lowest BCUT2D eigenvalue weighted by Crippen LogP contribution is -2.09. The van der Waals surface area contributed by atoms with Crippen LogP contribution in [0.25, 0.3) is 21.1 Å². The summed E-state index contributed by atoms with van der Waals surface area (Å²) in [6.45, 7) is 5.01. The maximum absolute atomic E-state index is 4.79. The molecule has 5 nitrogen and oxygen atoms in total. The fourth-order valence-electron chi connectivity index (χ4n) is 3.10. The van der Waals surface area contributed by atoms with E-state index in [-0.39, 0.29) is 0 Å². The molecule has 1 N–H and O–H groups in total. The van der Waals surface area contributed by atoms with Crippen LogP contribution >= 0.6 is 11.3 Å². The van der Waals surface area contributed by atoms with E-state index in [0.29, 0.717) is 5.95 Å². The smallest absolute Gasteiger partial charge is 0.227 e. The molecule has 4 rings (SSSR count). The molecule has 2 heterocycles. The lowest BCUT2D eigenvalue weighted by Gasteiger charge is -2.08. The van der Waals surface area contributed by atoms with E-state index in [1.165, 1.54) is 11.1 Å². The molecule has 0 aliphatic rings. The van der Waals surface area contributed by atoms with Gasteiger partial charge in [-0.15, -0.1) is 11.3 Å². The van der Waals surface area contributed by atoms with Crippen LogP contribution in [0, 0.1) is 13.8 Å². The number of hydrogen-bond donors (Lipinski definition) is 1. The van der Waals surface area contributed by atoms with Gasteiger partial charge in [-0.05, 0) is 63.3 Å². The number of hydrogen-bond acceptors (Lipinski definition) is 6. The summed E-state index contributed by atoms with van der Waals surface area (Å²) in [5.41, 5.74) is 5.38. The van der Waals surface area contributed by atoms with Gasteiger partial charge in [0.25, 0.3) is 0 Å². The highest BCUT2D eigenvalue weighted by atomic mass is 32.1. The zero-order chi connectivity index (χ0) is 18.3. The van der Waals surface area contributed by atoms with E-state index >= 15 is 0 Å². The highest BCUT2D eigenvalue weighted by molar-refractivity contribution is 7.19. The molecule has 0 aliphatic carbocycles. The molecule has 0 radical (unpaired) electrons. The van der Waals surface area contributed by atoms with Gasteiger partial charge in [-0.3, -0.25) is 0 Å². The quantitative estimate of drug-likeness (QED) is 0.571. The van der Waals surface area contributed by atoms with Gasteiger partial charge in [-0.2, -0.15) is 0 Å². The van der Waals surface area contributed by atoms with Crippen LogP contribution in [-0.2, 0) is 6.54 Å². The van der Waals surface area contributed by atoms with Crippen molar-refractivity contribution >= 4 is 44.1 Å². The molecule has 0 bridgehead atoms. The second kappa shape index (κ2) is 6.63. The standard InChI is InChI=1S/C20H21N5S/c1-12-7-13(2)9-15(8-12)22-20-21-10-14-5-6-16-19(18(14)24-20)26-17(23-16)11-25(3)4/h5-10H,11H2,1-4H3,(H,21,22,24). The Balaban J connectivity index is 1.77. The van der Waals surface area contributed by atoms with Crippen molar-refractivity contribution in [2.24, 2.45) is 0 Å². The Hall–Kier alpha value is -2.57. The van der Waals surface area contributed by atoms with Crippen LogP contribution in [0.4, 0.5) is 11.6 Å². The van der Waals surface area contributed by atoms with E-state index in [1.54, 1.807) is 11.3 Å². The van der Waals surface area contributed by atoms with Gasteiger partial charge in [-0.1, -0.05) is 6.07 Å². The average molecular weight is 363 g/mol. The van der Waals surface area contributed by atoms with E-state index in [0.717, 1.165) is 38.4 Å². The van der Waals surface area contributed by atoms with Crippen LogP contribution in [0.1, 0.15) is 16.1 Å². The van der Waals surface area contributed by atoms with Gasteiger partial charge in [0, 0.05) is 23.8 Å². The largest absolute Gasteiger partial charge is 0.324 e. The Morgan fingerprint density at radius 1 is 1.04 bits per heavy atom. The van der Waals surface area contributed by atoms with Gasteiger partial charge in [0.15, 0.2) is 0 Å². The predicted molar refractivity (Wildman–Crippen MR) is 109 cm³/mol. The summed E-state index contributed by atoms with van der Waals surface area (Å²) in [5.74, 6) is 0.609. The Labute approximate surface area is 156 Å². The van der Waals surface area contributed by atoms with Gasteiger partial charge < -0.3 is 10.2 Å². The number of nitrogens with zero attached hydrogens (tertiary/aromatic N) is 4. The molecule has 0 atom stereocenters. The van der Waals surface area contributed by atoms with Gasteiger partial charge in [0.05, 0.1) is 15.7 Å². The van der Waals surface area contributed by atoms with Gasteiger partial charge >= 0.3 is 0 Å². The molecular formula is C20H21N5S. The summed E-state index contributed by atoms with van der Waals surface area (Å²) in [5, 5.41) is 5.46. The fraction of sp³-hybridized carbons (Fsp3) is 0.250. The molecular weight excluding hydrogens is 342 g/mol. The summed E-state index contributed by atoms with van der Waals surface area (Å²) in [6, 6.07) is 10.4. The molecule has 2 aromatic heterocycles. The zero-order valence-corrected chi connectivity index (χ0v) is 16.2. The first-order valence-electron chi connectivity index (χ1n) is 8.53. The van der Waals surface area contributed by atoms with E-state index < -0.39 is 0 Å². The van der Waals surface area contributed by atoms with Gasteiger partial charge in [-0.25, -0.2) is 15.0 Å². The van der Waals surface area contributed by atoms with Crippen molar-refractivity contribution in [3.63, 3.8) is 0 Å². The number of aromatic nitrogens is 3. The van der Waals surface area contributed by atoms with Crippen LogP contribution < -0.4 is 5.32 Å². The topological polar surface area (TPSA) is 53.9 Å². The Morgan fingerprint density at radius 3 is 2.54 bits per heavy atom. The number of benzene rings is 2. The van der Waals surface area contributed by atoms with Crippen LogP contribution in [0.5, 0.6) is 0 Å². The minimum absolute atomic E-state index is 0.609. The monoisotopic (exact) mass is 363 g/mol. The summed E-state index contributed by atoms with van der Waals surface area (Å²) >= 11 is 1.70. The minimum Gasteiger partial charge on any atom is -0.324 e. The van der Waals surface area contributed by atoms with Crippen molar-refractivity contribution in [3.8, 4) is 0 Å². The molecule has 0 saturated carbocycles. The maximum Gasteiger partial charge on any atom is 0.227 e. The van der Waals surface area contributed by atoms with Crippen molar-refractivity contribution in [2.75, 3.05) is 19.4 Å². The molecule has 0 amide bonds. The molecule has 0 spiro atoms. The van der Waals surface area contributed by atoms with E-state index in [9.17, 15) is 0 Å². The van der Waals surface area contributed by atoms with E-state index in [4.69, 9.17) is 9.97 Å². The number of fused-ring (bicyclic) bond motifs is 3. The second-order valence-electron chi connectivity index (χ2n) is 6.89. The maximum atomic E-state index is 4.79.